The second kappa shape index (κ2) is 10.7. The fraction of sp³-hybridized carbons (Fsp3) is 0.500. The minimum absolute atomic E-state index is 0.0283. The Labute approximate surface area is 231 Å². The summed E-state index contributed by atoms with van der Waals surface area (Å²) in [4.78, 5) is 43.2. The molecule has 1 atom stereocenters. The van der Waals surface area contributed by atoms with Crippen LogP contribution in [-0.2, 0) is 4.74 Å². The summed E-state index contributed by atoms with van der Waals surface area (Å²) in [6.07, 6.45) is 1.20. The highest BCUT2D eigenvalue weighted by atomic mass is 35.5. The topological polar surface area (TPSA) is 114 Å². The van der Waals surface area contributed by atoms with Gasteiger partial charge in [0.05, 0.1) is 34.4 Å². The van der Waals surface area contributed by atoms with Crippen LogP contribution in [0.1, 0.15) is 51.8 Å². The quantitative estimate of drug-likeness (QED) is 0.467. The number of fused-ring (bicyclic) bond motifs is 1. The number of carbonyl (C=O) groups is 1. The maximum Gasteiger partial charge on any atom is 0.410 e. The van der Waals surface area contributed by atoms with Gasteiger partial charge in [-0.2, -0.15) is 4.98 Å². The number of carbonyl (C=O) groups excluding carboxylic acids is 1. The molecule has 0 aromatic carbocycles. The maximum atomic E-state index is 13.6. The molecule has 1 aliphatic heterocycles. The van der Waals surface area contributed by atoms with Gasteiger partial charge in [-0.15, -0.1) is 0 Å². The van der Waals surface area contributed by atoms with E-state index in [-0.39, 0.29) is 35.8 Å². The monoisotopic (exact) mass is 562 g/mol. The van der Waals surface area contributed by atoms with Crippen molar-refractivity contribution in [1.29, 1.82) is 0 Å². The summed E-state index contributed by atoms with van der Waals surface area (Å²) in [7, 11) is 0. The molecule has 12 heteroatoms. The molecule has 1 unspecified atom stereocenters. The molecule has 0 spiro atoms. The first-order valence-corrected chi connectivity index (χ1v) is 13.2. The third-order valence-electron chi connectivity index (χ3n) is 6.30. The molecule has 0 radical (unpaired) electrons. The van der Waals surface area contributed by atoms with Crippen molar-refractivity contribution >= 4 is 46.1 Å². The van der Waals surface area contributed by atoms with E-state index in [1.54, 1.807) is 33.0 Å². The first-order valence-electron chi connectivity index (χ1n) is 12.4. The van der Waals surface area contributed by atoms with E-state index in [4.69, 9.17) is 27.9 Å². The highest BCUT2D eigenvalue weighted by molar-refractivity contribution is 6.41. The van der Waals surface area contributed by atoms with E-state index in [9.17, 15) is 14.7 Å². The van der Waals surface area contributed by atoms with E-state index >= 15 is 0 Å². The normalized spacial score (nSPS) is 16.4. The van der Waals surface area contributed by atoms with Gasteiger partial charge in [0.25, 0.3) is 0 Å². The Hall–Kier alpha value is -2.95. The summed E-state index contributed by atoms with van der Waals surface area (Å²) in [6, 6.07) is 2.90. The van der Waals surface area contributed by atoms with Gasteiger partial charge in [-0.05, 0) is 51.3 Å². The van der Waals surface area contributed by atoms with Gasteiger partial charge in [0.1, 0.15) is 16.6 Å². The van der Waals surface area contributed by atoms with Crippen molar-refractivity contribution in [3.8, 4) is 5.69 Å². The van der Waals surface area contributed by atoms with Gasteiger partial charge in [0.15, 0.2) is 5.65 Å². The molecule has 3 aromatic rings. The van der Waals surface area contributed by atoms with Crippen molar-refractivity contribution in [2.75, 3.05) is 31.1 Å². The minimum atomic E-state index is -0.669. The lowest BCUT2D eigenvalue weighted by Gasteiger charge is -2.41. The summed E-state index contributed by atoms with van der Waals surface area (Å²) >= 11 is 12.7. The Morgan fingerprint density at radius 1 is 1.24 bits per heavy atom. The number of rotatable bonds is 4. The van der Waals surface area contributed by atoms with Crippen molar-refractivity contribution < 1.29 is 14.6 Å². The van der Waals surface area contributed by atoms with Gasteiger partial charge in [0, 0.05) is 25.8 Å². The number of aryl methyl sites for hydroxylation is 1. The second-order valence-electron chi connectivity index (χ2n) is 10.7. The molecule has 1 fully saturated rings. The van der Waals surface area contributed by atoms with Crippen LogP contribution < -0.4 is 10.6 Å². The number of aliphatic hydroxyl groups excluding tert-OH is 1. The molecule has 4 rings (SSSR count). The predicted octanol–water partition coefficient (Wildman–Crippen LogP) is 4.33. The lowest BCUT2D eigenvalue weighted by Crippen LogP contribution is -2.58. The second-order valence-corrected chi connectivity index (χ2v) is 11.4. The standard InChI is InChI=1S/C26H32Cl2N6O4/c1-14(2)19-20(15(3)7-8-29-19)34-23-17(11-18(27)21(28)30-23)22(31-24(34)36)32-9-10-33(16(12-32)13-35)25(37)38-26(4,5)6/h7-8,11,14,16,35H,9-10,12-13H2,1-6H3. The van der Waals surface area contributed by atoms with Crippen molar-refractivity contribution in [1.82, 2.24) is 24.4 Å². The average Bonchev–Trinajstić information content (AvgIpc) is 2.83. The molecule has 204 valence electrons. The highest BCUT2D eigenvalue weighted by Gasteiger charge is 2.35. The summed E-state index contributed by atoms with van der Waals surface area (Å²) in [5.41, 5.74) is 1.24. The third kappa shape index (κ3) is 5.43. The van der Waals surface area contributed by atoms with Crippen LogP contribution in [0, 0.1) is 6.92 Å². The Bertz CT molecular complexity index is 1440. The first kappa shape index (κ1) is 28.1. The average molecular weight is 563 g/mol. The number of halogens is 2. The van der Waals surface area contributed by atoms with Crippen LogP contribution in [0.25, 0.3) is 16.7 Å². The van der Waals surface area contributed by atoms with Crippen LogP contribution >= 0.6 is 23.2 Å². The summed E-state index contributed by atoms with van der Waals surface area (Å²) in [5.74, 6) is 0.378. The zero-order valence-electron chi connectivity index (χ0n) is 22.3. The number of pyridine rings is 2. The van der Waals surface area contributed by atoms with Crippen molar-refractivity contribution in [3.05, 3.63) is 50.2 Å². The molecule has 0 aliphatic carbocycles. The molecule has 1 amide bonds. The number of hydrogen-bond acceptors (Lipinski definition) is 8. The molecule has 1 N–H and O–H groups in total. The Morgan fingerprint density at radius 2 is 1.95 bits per heavy atom. The number of amides is 1. The Balaban J connectivity index is 1.85. The fourth-order valence-electron chi connectivity index (χ4n) is 4.58. The van der Waals surface area contributed by atoms with Crippen molar-refractivity contribution in [2.24, 2.45) is 0 Å². The van der Waals surface area contributed by atoms with Crippen LogP contribution in [0.5, 0.6) is 0 Å². The van der Waals surface area contributed by atoms with Crippen molar-refractivity contribution in [3.63, 3.8) is 0 Å². The summed E-state index contributed by atoms with van der Waals surface area (Å²) < 4.78 is 6.94. The van der Waals surface area contributed by atoms with Gasteiger partial charge < -0.3 is 14.7 Å². The highest BCUT2D eigenvalue weighted by Crippen LogP contribution is 2.33. The van der Waals surface area contributed by atoms with E-state index in [1.807, 2.05) is 31.7 Å². The summed E-state index contributed by atoms with van der Waals surface area (Å²) in [6.45, 7) is 11.8. The van der Waals surface area contributed by atoms with Gasteiger partial charge in [-0.3, -0.25) is 9.88 Å². The van der Waals surface area contributed by atoms with E-state index in [2.05, 4.69) is 15.0 Å². The van der Waals surface area contributed by atoms with Gasteiger partial charge >= 0.3 is 11.8 Å². The molecule has 0 bridgehead atoms. The SMILES string of the molecule is Cc1ccnc(C(C)C)c1-n1c(=O)nc(N2CCN(C(=O)OC(C)(C)C)C(CO)C2)c2cc(Cl)c(Cl)nc21. The Morgan fingerprint density at radius 3 is 2.58 bits per heavy atom. The number of hydrogen-bond donors (Lipinski definition) is 1. The molecule has 38 heavy (non-hydrogen) atoms. The molecule has 0 saturated carbocycles. The third-order valence-corrected chi connectivity index (χ3v) is 6.98. The van der Waals surface area contributed by atoms with Crippen LogP contribution in [0.3, 0.4) is 0 Å². The molecule has 3 aromatic heterocycles. The molecule has 1 saturated heterocycles. The van der Waals surface area contributed by atoms with E-state index in [1.165, 1.54) is 9.47 Å². The molecule has 10 nitrogen and oxygen atoms in total. The van der Waals surface area contributed by atoms with Crippen molar-refractivity contribution in [2.45, 2.75) is 59.1 Å². The number of nitrogens with zero attached hydrogens (tertiary/aromatic N) is 6. The number of aromatic nitrogens is 4. The van der Waals surface area contributed by atoms with E-state index in [0.29, 0.717) is 29.1 Å². The molecular weight excluding hydrogens is 531 g/mol. The first-order chi connectivity index (χ1) is 17.8. The summed E-state index contributed by atoms with van der Waals surface area (Å²) in [5, 5.41) is 10.9. The van der Waals surface area contributed by atoms with E-state index < -0.39 is 23.4 Å². The Kier molecular flexibility index (Phi) is 7.88. The van der Waals surface area contributed by atoms with Gasteiger partial charge in [-0.1, -0.05) is 37.0 Å². The van der Waals surface area contributed by atoms with Crippen LogP contribution in [-0.4, -0.2) is 73.5 Å². The smallest absolute Gasteiger partial charge is 0.410 e. The van der Waals surface area contributed by atoms with E-state index in [0.717, 1.165) is 11.3 Å². The number of piperazine rings is 1. The lowest BCUT2D eigenvalue weighted by molar-refractivity contribution is 0.00700. The zero-order valence-corrected chi connectivity index (χ0v) is 23.8. The minimum Gasteiger partial charge on any atom is -0.444 e. The fourth-order valence-corrected chi connectivity index (χ4v) is 4.86. The molecule has 1 aliphatic rings. The maximum absolute atomic E-state index is 13.6. The van der Waals surface area contributed by atoms with Crippen LogP contribution in [0.4, 0.5) is 10.6 Å². The molecule has 4 heterocycles. The molecular formula is C26H32Cl2N6O4. The van der Waals surface area contributed by atoms with Crippen LogP contribution in [0.2, 0.25) is 10.2 Å². The largest absolute Gasteiger partial charge is 0.444 e. The van der Waals surface area contributed by atoms with Crippen LogP contribution in [0.15, 0.2) is 23.1 Å². The van der Waals surface area contributed by atoms with Gasteiger partial charge in [0.2, 0.25) is 0 Å². The number of anilines is 1. The lowest BCUT2D eigenvalue weighted by atomic mass is 10.0. The zero-order chi connectivity index (χ0) is 27.9. The number of ether oxygens (including phenoxy) is 1. The predicted molar refractivity (Wildman–Crippen MR) is 148 cm³/mol. The number of aliphatic hydroxyl groups is 1. The van der Waals surface area contributed by atoms with Gasteiger partial charge in [-0.25, -0.2) is 19.1 Å².